The van der Waals surface area contributed by atoms with Crippen molar-refractivity contribution in [3.8, 4) is 5.69 Å². The van der Waals surface area contributed by atoms with Crippen molar-refractivity contribution in [2.45, 2.75) is 34.2 Å². The van der Waals surface area contributed by atoms with Crippen molar-refractivity contribution in [3.63, 3.8) is 0 Å². The number of aryl methyl sites for hydroxylation is 3. The Labute approximate surface area is 140 Å². The average molecular weight is 326 g/mol. The van der Waals surface area contributed by atoms with Crippen molar-refractivity contribution in [2.24, 2.45) is 0 Å². The van der Waals surface area contributed by atoms with Gasteiger partial charge in [0.2, 0.25) is 0 Å². The highest BCUT2D eigenvalue weighted by Crippen LogP contribution is 2.19. The van der Waals surface area contributed by atoms with Gasteiger partial charge in [0, 0.05) is 12.0 Å². The predicted octanol–water partition coefficient (Wildman–Crippen LogP) is 2.54. The largest absolute Gasteiger partial charge is 0.380 e. The molecule has 6 nitrogen and oxygen atoms in total. The number of fused-ring (bicyclic) bond motifs is 1. The second-order valence-electron chi connectivity index (χ2n) is 5.90. The van der Waals surface area contributed by atoms with Crippen LogP contribution in [-0.4, -0.2) is 32.8 Å². The van der Waals surface area contributed by atoms with Crippen LogP contribution < -0.4 is 5.56 Å². The highest BCUT2D eigenvalue weighted by atomic mass is 16.5. The minimum absolute atomic E-state index is 0.147. The smallest absolute Gasteiger partial charge is 0.293 e. The Morgan fingerprint density at radius 1 is 1.17 bits per heavy atom. The molecule has 1 aromatic carbocycles. The van der Waals surface area contributed by atoms with E-state index < -0.39 is 0 Å². The Morgan fingerprint density at radius 2 is 1.96 bits per heavy atom. The van der Waals surface area contributed by atoms with Gasteiger partial charge in [-0.25, -0.2) is 9.36 Å². The highest BCUT2D eigenvalue weighted by Gasteiger charge is 2.15. The number of hydrogen-bond donors (Lipinski definition) is 0. The lowest BCUT2D eigenvalue weighted by Gasteiger charge is -2.09. The number of hydrogen-bond acceptors (Lipinski definition) is 4. The number of nitrogens with zero attached hydrogens (tertiary/aromatic N) is 4. The Balaban J connectivity index is 2.16. The van der Waals surface area contributed by atoms with Crippen LogP contribution in [0.15, 0.2) is 29.2 Å². The maximum Gasteiger partial charge on any atom is 0.293 e. The molecule has 0 amide bonds. The van der Waals surface area contributed by atoms with Crippen molar-refractivity contribution in [2.75, 3.05) is 13.2 Å². The van der Waals surface area contributed by atoms with E-state index in [1.807, 2.05) is 32.0 Å². The molecule has 0 N–H and O–H groups in total. The van der Waals surface area contributed by atoms with E-state index in [-0.39, 0.29) is 5.56 Å². The average Bonchev–Trinajstić information content (AvgIpc) is 3.00. The minimum Gasteiger partial charge on any atom is -0.380 e. The van der Waals surface area contributed by atoms with Crippen LogP contribution >= 0.6 is 0 Å². The van der Waals surface area contributed by atoms with E-state index in [0.29, 0.717) is 25.3 Å². The SMILES string of the molecule is CCOCCn1nc(C)c2cnn(-c3ccc(C)c(C)c3)c2c1=O. The maximum atomic E-state index is 12.9. The molecule has 0 radical (unpaired) electrons. The first-order valence-electron chi connectivity index (χ1n) is 8.13. The third-order valence-electron chi connectivity index (χ3n) is 4.25. The second-order valence-corrected chi connectivity index (χ2v) is 5.90. The predicted molar refractivity (Wildman–Crippen MR) is 93.8 cm³/mol. The molecular weight excluding hydrogens is 304 g/mol. The zero-order chi connectivity index (χ0) is 17.3. The Hall–Kier alpha value is -2.47. The van der Waals surface area contributed by atoms with Gasteiger partial charge in [-0.2, -0.15) is 10.2 Å². The van der Waals surface area contributed by atoms with Crippen LogP contribution in [0.5, 0.6) is 0 Å². The highest BCUT2D eigenvalue weighted by molar-refractivity contribution is 5.81. The van der Waals surface area contributed by atoms with Crippen LogP contribution in [0.3, 0.4) is 0 Å². The van der Waals surface area contributed by atoms with E-state index in [0.717, 1.165) is 16.8 Å². The fourth-order valence-corrected chi connectivity index (χ4v) is 2.72. The van der Waals surface area contributed by atoms with E-state index in [9.17, 15) is 4.79 Å². The van der Waals surface area contributed by atoms with Gasteiger partial charge in [0.15, 0.2) is 0 Å². The van der Waals surface area contributed by atoms with Crippen LogP contribution in [-0.2, 0) is 11.3 Å². The molecule has 0 fully saturated rings. The quantitative estimate of drug-likeness (QED) is 0.676. The van der Waals surface area contributed by atoms with Crippen molar-refractivity contribution in [1.82, 2.24) is 19.6 Å². The normalized spacial score (nSPS) is 11.3. The molecule has 24 heavy (non-hydrogen) atoms. The third-order valence-corrected chi connectivity index (χ3v) is 4.25. The lowest BCUT2D eigenvalue weighted by Crippen LogP contribution is -2.27. The molecule has 0 saturated heterocycles. The molecule has 0 spiro atoms. The van der Waals surface area contributed by atoms with Crippen LogP contribution in [0, 0.1) is 20.8 Å². The topological polar surface area (TPSA) is 61.9 Å². The molecule has 0 unspecified atom stereocenters. The van der Waals surface area contributed by atoms with Crippen molar-refractivity contribution >= 4 is 10.9 Å². The summed E-state index contributed by atoms with van der Waals surface area (Å²) in [5.41, 5.74) is 4.46. The third kappa shape index (κ3) is 2.85. The first kappa shape index (κ1) is 16.4. The first-order valence-corrected chi connectivity index (χ1v) is 8.13. The van der Waals surface area contributed by atoms with E-state index in [1.54, 1.807) is 10.9 Å². The summed E-state index contributed by atoms with van der Waals surface area (Å²) in [6.45, 7) is 9.46. The van der Waals surface area contributed by atoms with Crippen molar-refractivity contribution < 1.29 is 4.74 Å². The molecule has 3 rings (SSSR count). The van der Waals surface area contributed by atoms with Gasteiger partial charge >= 0.3 is 0 Å². The number of ether oxygens (including phenoxy) is 1. The van der Waals surface area contributed by atoms with Gasteiger partial charge in [-0.3, -0.25) is 4.79 Å². The van der Waals surface area contributed by atoms with Gasteiger partial charge in [0.25, 0.3) is 5.56 Å². The molecule has 0 aliphatic rings. The summed E-state index contributed by atoms with van der Waals surface area (Å²) in [5.74, 6) is 0. The summed E-state index contributed by atoms with van der Waals surface area (Å²) in [6.07, 6.45) is 1.71. The van der Waals surface area contributed by atoms with Crippen LogP contribution in [0.25, 0.3) is 16.6 Å². The summed E-state index contributed by atoms with van der Waals surface area (Å²) in [6, 6.07) is 6.07. The summed E-state index contributed by atoms with van der Waals surface area (Å²) < 4.78 is 8.52. The van der Waals surface area contributed by atoms with Gasteiger partial charge in [-0.05, 0) is 51.0 Å². The second kappa shape index (κ2) is 6.57. The van der Waals surface area contributed by atoms with E-state index >= 15 is 0 Å². The maximum absolute atomic E-state index is 12.9. The van der Waals surface area contributed by atoms with Crippen molar-refractivity contribution in [1.29, 1.82) is 0 Å². The number of aromatic nitrogens is 4. The van der Waals surface area contributed by atoms with E-state index in [4.69, 9.17) is 4.74 Å². The monoisotopic (exact) mass is 326 g/mol. The summed E-state index contributed by atoms with van der Waals surface area (Å²) >= 11 is 0. The lowest BCUT2D eigenvalue weighted by molar-refractivity contribution is 0.135. The molecule has 126 valence electrons. The molecule has 0 aliphatic heterocycles. The van der Waals surface area contributed by atoms with Gasteiger partial charge < -0.3 is 4.74 Å². The molecule has 0 atom stereocenters. The van der Waals surface area contributed by atoms with Crippen LogP contribution in [0.4, 0.5) is 0 Å². The first-order chi connectivity index (χ1) is 11.5. The Bertz CT molecular complexity index is 940. The molecule has 2 aromatic heterocycles. The fraction of sp³-hybridized carbons (Fsp3) is 0.389. The molecule has 0 saturated carbocycles. The van der Waals surface area contributed by atoms with E-state index in [1.165, 1.54) is 15.8 Å². The molecule has 0 aliphatic carbocycles. The molecule has 6 heteroatoms. The number of rotatable bonds is 5. The molecular formula is C18H22N4O2. The minimum atomic E-state index is -0.147. The standard InChI is InChI=1S/C18H22N4O2/c1-5-24-9-8-21-18(23)17-16(14(4)20-21)11-19-22(17)15-7-6-12(2)13(3)10-15/h6-7,10-11H,5,8-9H2,1-4H3. The molecule has 0 bridgehead atoms. The fourth-order valence-electron chi connectivity index (χ4n) is 2.72. The zero-order valence-corrected chi connectivity index (χ0v) is 14.5. The number of benzene rings is 1. The van der Waals surface area contributed by atoms with Gasteiger partial charge in [0.1, 0.15) is 5.52 Å². The van der Waals surface area contributed by atoms with Gasteiger partial charge in [-0.1, -0.05) is 6.07 Å². The van der Waals surface area contributed by atoms with E-state index in [2.05, 4.69) is 24.0 Å². The lowest BCUT2D eigenvalue weighted by atomic mass is 10.1. The Kier molecular flexibility index (Phi) is 4.49. The summed E-state index contributed by atoms with van der Waals surface area (Å²) in [7, 11) is 0. The molecule has 2 heterocycles. The Morgan fingerprint density at radius 3 is 2.67 bits per heavy atom. The molecule has 3 aromatic rings. The van der Waals surface area contributed by atoms with Crippen LogP contribution in [0.1, 0.15) is 23.7 Å². The van der Waals surface area contributed by atoms with Gasteiger partial charge in [-0.15, -0.1) is 0 Å². The zero-order valence-electron chi connectivity index (χ0n) is 14.5. The van der Waals surface area contributed by atoms with Crippen molar-refractivity contribution in [3.05, 3.63) is 51.6 Å². The van der Waals surface area contributed by atoms with Gasteiger partial charge in [0.05, 0.1) is 30.7 Å². The summed E-state index contributed by atoms with van der Waals surface area (Å²) in [4.78, 5) is 12.9. The summed E-state index contributed by atoms with van der Waals surface area (Å²) in [5, 5.41) is 9.59. The van der Waals surface area contributed by atoms with Crippen LogP contribution in [0.2, 0.25) is 0 Å².